The summed E-state index contributed by atoms with van der Waals surface area (Å²) >= 11 is 0. The van der Waals surface area contributed by atoms with Crippen molar-refractivity contribution < 1.29 is 27.8 Å². The first-order chi connectivity index (χ1) is 15.7. The first-order valence-electron chi connectivity index (χ1n) is 10.7. The average molecular weight is 478 g/mol. The molecule has 0 bridgehead atoms. The lowest BCUT2D eigenvalue weighted by Gasteiger charge is -2.37. The van der Waals surface area contributed by atoms with Gasteiger partial charge in [0.2, 0.25) is 0 Å². The van der Waals surface area contributed by atoms with E-state index in [2.05, 4.69) is 10.0 Å². The molecule has 0 saturated carbocycles. The third-order valence-electron chi connectivity index (χ3n) is 5.71. The van der Waals surface area contributed by atoms with Gasteiger partial charge in [0.05, 0.1) is 35.9 Å². The average Bonchev–Trinajstić information content (AvgIpc) is 2.81. The zero-order valence-corrected chi connectivity index (χ0v) is 20.1. The van der Waals surface area contributed by atoms with E-state index in [4.69, 9.17) is 9.47 Å². The fourth-order valence-electron chi connectivity index (χ4n) is 3.73. The van der Waals surface area contributed by atoms with Crippen LogP contribution in [0.25, 0.3) is 0 Å². The van der Waals surface area contributed by atoms with Crippen LogP contribution in [0, 0.1) is 5.92 Å². The summed E-state index contributed by atoms with van der Waals surface area (Å²) in [6, 6.07) is 10.4. The number of hydrogen-bond acceptors (Lipinski definition) is 7. The van der Waals surface area contributed by atoms with E-state index in [0.29, 0.717) is 18.8 Å². The van der Waals surface area contributed by atoms with Gasteiger partial charge >= 0.3 is 0 Å². The minimum atomic E-state index is -3.95. The van der Waals surface area contributed by atoms with Crippen molar-refractivity contribution in [3.05, 3.63) is 48.0 Å². The molecule has 33 heavy (non-hydrogen) atoms. The molecule has 0 aliphatic carbocycles. The monoisotopic (exact) mass is 477 g/mol. The maximum absolute atomic E-state index is 13.4. The van der Waals surface area contributed by atoms with Crippen LogP contribution in [0.1, 0.15) is 24.2 Å². The Bertz CT molecular complexity index is 1070. The highest BCUT2D eigenvalue weighted by Gasteiger charge is 2.34. The smallest absolute Gasteiger partial charge is 0.262 e. The van der Waals surface area contributed by atoms with Crippen LogP contribution in [0.4, 0.5) is 5.69 Å². The van der Waals surface area contributed by atoms with Crippen molar-refractivity contribution in [1.29, 1.82) is 0 Å². The standard InChI is InChI=1S/C23H31N3O6S/c1-15-13-26(16(2)14-27)23(28)19-6-5-7-20(22(19)32-21(15)12-24-3)25-33(29,30)18-10-8-17(31-4)9-11-18/h5-11,15-16,21,24-25,27H,12-14H2,1-4H3/t15-,16+,21-/m1/s1. The van der Waals surface area contributed by atoms with Gasteiger partial charge in [0.1, 0.15) is 11.9 Å². The molecule has 3 rings (SSSR count). The molecule has 0 radical (unpaired) electrons. The molecule has 9 nitrogen and oxygen atoms in total. The van der Waals surface area contributed by atoms with Gasteiger partial charge < -0.3 is 24.8 Å². The summed E-state index contributed by atoms with van der Waals surface area (Å²) in [4.78, 5) is 15.0. The first-order valence-corrected chi connectivity index (χ1v) is 12.2. The molecule has 0 saturated heterocycles. The number of nitrogens with one attached hydrogen (secondary N) is 2. The Kier molecular flexibility index (Phi) is 7.83. The van der Waals surface area contributed by atoms with Crippen LogP contribution in [0.2, 0.25) is 0 Å². The number of rotatable bonds is 8. The molecular formula is C23H31N3O6S. The van der Waals surface area contributed by atoms with Crippen molar-refractivity contribution in [2.45, 2.75) is 30.9 Å². The number of aliphatic hydroxyl groups excluding tert-OH is 1. The maximum Gasteiger partial charge on any atom is 0.262 e. The normalized spacial score (nSPS) is 19.7. The number of nitrogens with zero attached hydrogens (tertiary/aromatic N) is 1. The van der Waals surface area contributed by atoms with Crippen molar-refractivity contribution in [1.82, 2.24) is 10.2 Å². The number of fused-ring (bicyclic) bond motifs is 1. The summed E-state index contributed by atoms with van der Waals surface area (Å²) in [7, 11) is -0.654. The second kappa shape index (κ2) is 10.4. The minimum absolute atomic E-state index is 0.0498. The minimum Gasteiger partial charge on any atom is -0.497 e. The van der Waals surface area contributed by atoms with Crippen molar-refractivity contribution in [2.75, 3.05) is 38.6 Å². The fraction of sp³-hybridized carbons (Fsp3) is 0.435. The molecule has 0 unspecified atom stereocenters. The quantitative estimate of drug-likeness (QED) is 0.532. The SMILES string of the molecule is CNC[C@H]1Oc2c(NS(=O)(=O)c3ccc(OC)cc3)cccc2C(=O)N([C@@H](C)CO)C[C@H]1C. The third-order valence-corrected chi connectivity index (χ3v) is 7.09. The third kappa shape index (κ3) is 5.40. The van der Waals surface area contributed by atoms with Gasteiger partial charge in [0.15, 0.2) is 5.75 Å². The lowest BCUT2D eigenvalue weighted by molar-refractivity contribution is 0.0417. The summed E-state index contributed by atoms with van der Waals surface area (Å²) in [6.07, 6.45) is -0.332. The molecule has 1 aliphatic rings. The Morgan fingerprint density at radius 2 is 1.94 bits per heavy atom. The highest BCUT2D eigenvalue weighted by molar-refractivity contribution is 7.92. The van der Waals surface area contributed by atoms with Crippen LogP contribution >= 0.6 is 0 Å². The van der Waals surface area contributed by atoms with E-state index in [1.807, 2.05) is 6.92 Å². The van der Waals surface area contributed by atoms with Crippen LogP contribution in [0.15, 0.2) is 47.4 Å². The van der Waals surface area contributed by atoms with Gasteiger partial charge in [-0.1, -0.05) is 13.0 Å². The van der Waals surface area contributed by atoms with E-state index < -0.39 is 16.1 Å². The number of methoxy groups -OCH3 is 1. The topological polar surface area (TPSA) is 117 Å². The number of benzene rings is 2. The number of anilines is 1. The summed E-state index contributed by atoms with van der Waals surface area (Å²) in [6.45, 7) is 4.44. The molecule has 0 aromatic heterocycles. The number of para-hydroxylation sites is 1. The number of likely N-dealkylation sites (N-methyl/N-ethyl adjacent to an activating group) is 1. The summed E-state index contributed by atoms with van der Waals surface area (Å²) in [5, 5.41) is 12.8. The summed E-state index contributed by atoms with van der Waals surface area (Å²) in [5.41, 5.74) is 0.404. The Balaban J connectivity index is 2.06. The molecule has 0 spiro atoms. The molecular weight excluding hydrogens is 446 g/mol. The Hall–Kier alpha value is -2.82. The fourth-order valence-corrected chi connectivity index (χ4v) is 4.79. The maximum atomic E-state index is 13.4. The molecule has 3 N–H and O–H groups in total. The number of amides is 1. The van der Waals surface area contributed by atoms with Crippen LogP contribution in [-0.2, 0) is 10.0 Å². The first kappa shape index (κ1) is 24.8. The van der Waals surface area contributed by atoms with Gasteiger partial charge in [0.25, 0.3) is 15.9 Å². The zero-order chi connectivity index (χ0) is 24.2. The van der Waals surface area contributed by atoms with E-state index in [1.54, 1.807) is 49.2 Å². The van der Waals surface area contributed by atoms with E-state index in [-0.39, 0.29) is 46.4 Å². The predicted octanol–water partition coefficient (Wildman–Crippen LogP) is 1.94. The number of ether oxygens (including phenoxy) is 2. The van der Waals surface area contributed by atoms with Crippen molar-refractivity contribution in [3.63, 3.8) is 0 Å². The van der Waals surface area contributed by atoms with Gasteiger partial charge in [-0.25, -0.2) is 8.42 Å². The molecule has 180 valence electrons. The van der Waals surface area contributed by atoms with Gasteiger partial charge in [0, 0.05) is 19.0 Å². The van der Waals surface area contributed by atoms with Crippen molar-refractivity contribution >= 4 is 21.6 Å². The van der Waals surface area contributed by atoms with Gasteiger partial charge in [-0.2, -0.15) is 0 Å². The van der Waals surface area contributed by atoms with Crippen molar-refractivity contribution in [2.24, 2.45) is 5.92 Å². The second-order valence-electron chi connectivity index (χ2n) is 8.14. The van der Waals surface area contributed by atoms with E-state index in [1.165, 1.54) is 19.2 Å². The Morgan fingerprint density at radius 3 is 2.55 bits per heavy atom. The predicted molar refractivity (Wildman–Crippen MR) is 125 cm³/mol. The molecule has 10 heteroatoms. The molecule has 1 amide bonds. The number of aliphatic hydroxyl groups is 1. The van der Waals surface area contributed by atoms with E-state index >= 15 is 0 Å². The van der Waals surface area contributed by atoms with Crippen LogP contribution in [0.3, 0.4) is 0 Å². The molecule has 0 fully saturated rings. The Labute approximate surface area is 194 Å². The molecule has 2 aromatic carbocycles. The lowest BCUT2D eigenvalue weighted by Crippen LogP contribution is -2.49. The highest BCUT2D eigenvalue weighted by Crippen LogP contribution is 2.36. The van der Waals surface area contributed by atoms with Gasteiger partial charge in [-0.15, -0.1) is 0 Å². The molecule has 1 aliphatic heterocycles. The molecule has 1 heterocycles. The van der Waals surface area contributed by atoms with Crippen LogP contribution in [-0.4, -0.2) is 70.3 Å². The summed E-state index contributed by atoms with van der Waals surface area (Å²) < 4.78 is 40.0. The van der Waals surface area contributed by atoms with Gasteiger partial charge in [-0.3, -0.25) is 9.52 Å². The zero-order valence-electron chi connectivity index (χ0n) is 19.2. The van der Waals surface area contributed by atoms with E-state index in [0.717, 1.165) is 0 Å². The van der Waals surface area contributed by atoms with E-state index in [9.17, 15) is 18.3 Å². The van der Waals surface area contributed by atoms with Crippen molar-refractivity contribution in [3.8, 4) is 11.5 Å². The Morgan fingerprint density at radius 1 is 1.24 bits per heavy atom. The number of sulfonamides is 1. The molecule has 2 aromatic rings. The van der Waals surface area contributed by atoms with Gasteiger partial charge in [-0.05, 0) is 50.4 Å². The number of hydrogen-bond donors (Lipinski definition) is 3. The lowest BCUT2D eigenvalue weighted by atomic mass is 9.99. The summed E-state index contributed by atoms with van der Waals surface area (Å²) in [5.74, 6) is 0.304. The second-order valence-corrected chi connectivity index (χ2v) is 9.83. The highest BCUT2D eigenvalue weighted by atomic mass is 32.2. The largest absolute Gasteiger partial charge is 0.497 e. The number of carbonyl (C=O) groups excluding carboxylic acids is 1. The van der Waals surface area contributed by atoms with Crippen LogP contribution < -0.4 is 19.5 Å². The van der Waals surface area contributed by atoms with Crippen LogP contribution in [0.5, 0.6) is 11.5 Å². The number of carbonyl (C=O) groups is 1. The molecule has 3 atom stereocenters.